The Morgan fingerprint density at radius 1 is 0.394 bits per heavy atom. The van der Waals surface area contributed by atoms with Gasteiger partial charge in [-0.15, -0.1) is 0 Å². The van der Waals surface area contributed by atoms with Gasteiger partial charge < -0.3 is 4.90 Å². The molecule has 0 unspecified atom stereocenters. The molecule has 0 N–H and O–H groups in total. The quantitative estimate of drug-likeness (QED) is 0.156. The van der Waals surface area contributed by atoms with Crippen LogP contribution in [0.3, 0.4) is 0 Å². The van der Waals surface area contributed by atoms with Gasteiger partial charge in [-0.1, -0.05) is 223 Å². The van der Waals surface area contributed by atoms with E-state index in [9.17, 15) is 0 Å². The third-order valence-corrected chi connectivity index (χ3v) is 21.1. The first-order valence-corrected chi connectivity index (χ1v) is 28.7. The van der Waals surface area contributed by atoms with E-state index < -0.39 is 13.5 Å². The summed E-state index contributed by atoms with van der Waals surface area (Å²) in [5.74, 6) is 0. The van der Waals surface area contributed by atoms with Crippen molar-refractivity contribution in [2.45, 2.75) is 69.9 Å². The maximum absolute atomic E-state index is 2.62. The summed E-state index contributed by atoms with van der Waals surface area (Å²) in [6.07, 6.45) is 2.34. The van der Waals surface area contributed by atoms with Crippen LogP contribution >= 0.6 is 0 Å². The Kier molecular flexibility index (Phi) is 8.95. The molecule has 0 aromatic heterocycles. The monoisotopic (exact) mass is 927 g/mol. The van der Waals surface area contributed by atoms with Crippen molar-refractivity contribution >= 4 is 46.3 Å². The first kappa shape index (κ1) is 42.4. The number of benzene rings is 10. The van der Waals surface area contributed by atoms with Gasteiger partial charge in [0.25, 0.3) is 0 Å². The van der Waals surface area contributed by atoms with Crippen LogP contribution in [0.4, 0.5) is 17.1 Å². The zero-order valence-corrected chi connectivity index (χ0v) is 42.6. The SMILES string of the molecule is CC1(C)CCC(C)(C)c2c(-c3cccc(N(c4ccc5c(c4)C4(c6ccccc6-c6ccccc64)c4ccccc4-5)c4ccc5ccccc5c4-c4cccc5c4[Si](C)(C)c4ccccc4-5)c3)cccc21. The van der Waals surface area contributed by atoms with Crippen molar-refractivity contribution in [3.63, 3.8) is 0 Å². The van der Waals surface area contributed by atoms with Gasteiger partial charge in [0.15, 0.2) is 0 Å². The highest BCUT2D eigenvalue weighted by molar-refractivity contribution is 7.04. The average molecular weight is 928 g/mol. The van der Waals surface area contributed by atoms with Crippen molar-refractivity contribution in [2.75, 3.05) is 4.90 Å². The van der Waals surface area contributed by atoms with Crippen molar-refractivity contribution in [2.24, 2.45) is 0 Å². The van der Waals surface area contributed by atoms with Crippen molar-refractivity contribution in [3.05, 3.63) is 246 Å². The second-order valence-electron chi connectivity index (χ2n) is 22.6. The summed E-state index contributed by atoms with van der Waals surface area (Å²) >= 11 is 0. The number of fused-ring (bicyclic) bond motifs is 15. The Bertz CT molecular complexity index is 3820. The third kappa shape index (κ3) is 5.80. The minimum absolute atomic E-state index is 0.0434. The van der Waals surface area contributed by atoms with Crippen LogP contribution in [-0.4, -0.2) is 8.07 Å². The van der Waals surface area contributed by atoms with Crippen LogP contribution in [0.5, 0.6) is 0 Å². The van der Waals surface area contributed by atoms with E-state index in [1.165, 1.54) is 122 Å². The molecule has 3 aliphatic carbocycles. The van der Waals surface area contributed by atoms with E-state index >= 15 is 0 Å². The van der Waals surface area contributed by atoms with Crippen LogP contribution in [-0.2, 0) is 16.2 Å². The van der Waals surface area contributed by atoms with Crippen LogP contribution in [0.1, 0.15) is 73.9 Å². The number of anilines is 3. The molecule has 14 rings (SSSR count). The van der Waals surface area contributed by atoms with Crippen LogP contribution in [0.25, 0.3) is 66.4 Å². The molecule has 71 heavy (non-hydrogen) atoms. The van der Waals surface area contributed by atoms with E-state index in [2.05, 4.69) is 258 Å². The summed E-state index contributed by atoms with van der Waals surface area (Å²) < 4.78 is 0. The molecule has 10 aromatic rings. The molecule has 0 atom stereocenters. The van der Waals surface area contributed by atoms with Crippen LogP contribution in [0, 0.1) is 0 Å². The Morgan fingerprint density at radius 3 is 1.66 bits per heavy atom. The summed E-state index contributed by atoms with van der Waals surface area (Å²) in [4.78, 5) is 2.62. The fraction of sp³-hybridized carbons (Fsp3) is 0.159. The van der Waals surface area contributed by atoms with Gasteiger partial charge >= 0.3 is 0 Å². The van der Waals surface area contributed by atoms with E-state index in [0.717, 1.165) is 17.8 Å². The zero-order chi connectivity index (χ0) is 48.0. The molecule has 0 radical (unpaired) electrons. The molecule has 4 aliphatic rings. The van der Waals surface area contributed by atoms with Gasteiger partial charge in [-0.25, -0.2) is 0 Å². The van der Waals surface area contributed by atoms with Crippen LogP contribution in [0.15, 0.2) is 212 Å². The molecular weight excluding hydrogens is 871 g/mol. The summed E-state index contributed by atoms with van der Waals surface area (Å²) in [6, 6.07) is 81.7. The van der Waals surface area contributed by atoms with E-state index in [-0.39, 0.29) is 10.8 Å². The minimum atomic E-state index is -2.16. The molecule has 0 saturated carbocycles. The lowest BCUT2D eigenvalue weighted by Gasteiger charge is -2.43. The van der Waals surface area contributed by atoms with E-state index in [1.54, 1.807) is 0 Å². The molecule has 0 fully saturated rings. The standard InChI is InChI=1S/C69H57NSi/c1-67(2)40-41-68(3,4)65-49(28-19-34-60(65)67)45-21-17-22-46(42-45)70(62-39-36-44-20-7-8-23-48(44)64(62)56-30-18-29-55-54-27-12-16-35-63(54)71(5,6)66(55)56)47-37-38-53-52-26-11-15-33-59(52)69(61(53)43-47)57-31-13-9-24-50(57)51-25-10-14-32-58(51)69/h7-39,42-43H,40-41H2,1-6H3. The number of hydrogen-bond acceptors (Lipinski definition) is 1. The molecule has 0 bridgehead atoms. The van der Waals surface area contributed by atoms with Gasteiger partial charge in [-0.05, 0) is 159 Å². The second-order valence-corrected chi connectivity index (χ2v) is 26.9. The molecule has 1 nitrogen and oxygen atoms in total. The lowest BCUT2D eigenvalue weighted by Crippen LogP contribution is -2.50. The highest BCUT2D eigenvalue weighted by Gasteiger charge is 2.52. The molecular formula is C69H57NSi. The molecule has 1 spiro atoms. The molecule has 1 heterocycles. The molecule has 0 amide bonds. The number of rotatable bonds is 5. The summed E-state index contributed by atoms with van der Waals surface area (Å²) in [7, 11) is -2.16. The van der Waals surface area contributed by atoms with Crippen molar-refractivity contribution in [1.82, 2.24) is 0 Å². The van der Waals surface area contributed by atoms with Gasteiger partial charge in [0.2, 0.25) is 0 Å². The van der Waals surface area contributed by atoms with Crippen molar-refractivity contribution in [1.29, 1.82) is 0 Å². The fourth-order valence-corrected chi connectivity index (χ4v) is 17.7. The van der Waals surface area contributed by atoms with Gasteiger partial charge in [-0.2, -0.15) is 0 Å². The first-order chi connectivity index (χ1) is 34.5. The van der Waals surface area contributed by atoms with Gasteiger partial charge in [0.1, 0.15) is 8.07 Å². The van der Waals surface area contributed by atoms with Gasteiger partial charge in [0, 0.05) is 16.9 Å². The fourth-order valence-electron chi connectivity index (χ4n) is 14.2. The Balaban J connectivity index is 1.08. The summed E-state index contributed by atoms with van der Waals surface area (Å²) in [5.41, 5.74) is 24.8. The largest absolute Gasteiger partial charge is 0.310 e. The first-order valence-electron chi connectivity index (χ1n) is 25.7. The highest BCUT2D eigenvalue weighted by atomic mass is 28.3. The second kappa shape index (κ2) is 15.0. The number of nitrogens with zero attached hydrogens (tertiary/aromatic N) is 1. The molecule has 10 aromatic carbocycles. The molecule has 1 aliphatic heterocycles. The van der Waals surface area contributed by atoms with Gasteiger partial charge in [-0.3, -0.25) is 0 Å². The van der Waals surface area contributed by atoms with E-state index in [1.807, 2.05) is 0 Å². The predicted molar refractivity (Wildman–Crippen MR) is 303 cm³/mol. The maximum atomic E-state index is 2.62. The predicted octanol–water partition coefficient (Wildman–Crippen LogP) is 17.1. The van der Waals surface area contributed by atoms with Crippen molar-refractivity contribution in [3.8, 4) is 55.6 Å². The molecule has 342 valence electrons. The van der Waals surface area contributed by atoms with Crippen LogP contribution in [0.2, 0.25) is 13.1 Å². The van der Waals surface area contributed by atoms with E-state index in [4.69, 9.17) is 0 Å². The normalized spacial score (nSPS) is 16.4. The topological polar surface area (TPSA) is 3.24 Å². The van der Waals surface area contributed by atoms with Crippen molar-refractivity contribution < 1.29 is 0 Å². The Morgan fingerprint density at radius 2 is 0.930 bits per heavy atom. The molecule has 2 heteroatoms. The Hall–Kier alpha value is -7.52. The third-order valence-electron chi connectivity index (χ3n) is 17.5. The summed E-state index contributed by atoms with van der Waals surface area (Å²) in [5, 5.41) is 5.56. The van der Waals surface area contributed by atoms with E-state index in [0.29, 0.717) is 0 Å². The maximum Gasteiger partial charge on any atom is 0.114 e. The van der Waals surface area contributed by atoms with Crippen LogP contribution < -0.4 is 15.3 Å². The minimum Gasteiger partial charge on any atom is -0.310 e. The molecule has 0 saturated heterocycles. The highest BCUT2D eigenvalue weighted by Crippen LogP contribution is 2.63. The number of hydrogen-bond donors (Lipinski definition) is 0. The lowest BCUT2D eigenvalue weighted by atomic mass is 9.61. The zero-order valence-electron chi connectivity index (χ0n) is 41.6. The van der Waals surface area contributed by atoms with Gasteiger partial charge in [0.05, 0.1) is 11.1 Å². The Labute approximate surface area is 420 Å². The average Bonchev–Trinajstić information content (AvgIpc) is 3.96. The smallest absolute Gasteiger partial charge is 0.114 e. The lowest BCUT2D eigenvalue weighted by molar-refractivity contribution is 0.333. The summed E-state index contributed by atoms with van der Waals surface area (Å²) in [6.45, 7) is 14.9.